The third kappa shape index (κ3) is 4.54. The summed E-state index contributed by atoms with van der Waals surface area (Å²) in [4.78, 5) is 26.4. The molecule has 2 aromatic rings. The number of carbonyl (C=O) groups is 2. The third-order valence-corrected chi connectivity index (χ3v) is 4.24. The van der Waals surface area contributed by atoms with Crippen LogP contribution in [0, 0.1) is 3.57 Å². The highest BCUT2D eigenvalue weighted by atomic mass is 127. The van der Waals surface area contributed by atoms with E-state index in [2.05, 4.69) is 27.9 Å². The molecular formula is C18H19IN2O2. The molecule has 0 heterocycles. The second-order valence-corrected chi connectivity index (χ2v) is 6.26. The summed E-state index contributed by atoms with van der Waals surface area (Å²) in [6.45, 7) is 5.22. The molecule has 2 rings (SSSR count). The second kappa shape index (κ2) is 8.10. The van der Waals surface area contributed by atoms with Gasteiger partial charge in [0.1, 0.15) is 0 Å². The molecule has 0 atom stereocenters. The SMILES string of the molecule is CCN(CC)C(=O)c1cccc(NC(=O)c2ccc(I)cc2)c1. The van der Waals surface area contributed by atoms with E-state index in [0.717, 1.165) is 3.57 Å². The van der Waals surface area contributed by atoms with Crippen LogP contribution in [0.3, 0.4) is 0 Å². The lowest BCUT2D eigenvalue weighted by Crippen LogP contribution is -2.30. The molecule has 0 fully saturated rings. The lowest BCUT2D eigenvalue weighted by atomic mass is 10.1. The van der Waals surface area contributed by atoms with Crippen LogP contribution in [0.2, 0.25) is 0 Å². The number of halogens is 1. The maximum Gasteiger partial charge on any atom is 0.255 e. The van der Waals surface area contributed by atoms with E-state index in [-0.39, 0.29) is 11.8 Å². The molecule has 120 valence electrons. The Morgan fingerprint density at radius 1 is 1.00 bits per heavy atom. The molecule has 0 aromatic heterocycles. The van der Waals surface area contributed by atoms with Crippen molar-refractivity contribution in [3.05, 3.63) is 63.2 Å². The lowest BCUT2D eigenvalue weighted by molar-refractivity contribution is 0.0772. The van der Waals surface area contributed by atoms with Crippen LogP contribution in [0.1, 0.15) is 34.6 Å². The minimum Gasteiger partial charge on any atom is -0.339 e. The number of amides is 2. The molecule has 5 heteroatoms. The molecule has 0 aliphatic carbocycles. The highest BCUT2D eigenvalue weighted by Gasteiger charge is 2.13. The van der Waals surface area contributed by atoms with E-state index in [1.807, 2.05) is 26.0 Å². The Hall–Kier alpha value is -1.89. The lowest BCUT2D eigenvalue weighted by Gasteiger charge is -2.19. The van der Waals surface area contributed by atoms with Crippen molar-refractivity contribution in [2.75, 3.05) is 18.4 Å². The maximum absolute atomic E-state index is 12.4. The zero-order valence-corrected chi connectivity index (χ0v) is 15.3. The Labute approximate surface area is 150 Å². The number of hydrogen-bond acceptors (Lipinski definition) is 2. The summed E-state index contributed by atoms with van der Waals surface area (Å²) in [5.74, 6) is -0.214. The van der Waals surface area contributed by atoms with E-state index in [4.69, 9.17) is 0 Å². The van der Waals surface area contributed by atoms with Crippen molar-refractivity contribution in [2.24, 2.45) is 0 Å². The molecule has 0 aliphatic rings. The Morgan fingerprint density at radius 3 is 2.26 bits per heavy atom. The zero-order chi connectivity index (χ0) is 16.8. The fourth-order valence-corrected chi connectivity index (χ4v) is 2.59. The van der Waals surface area contributed by atoms with Crippen LogP contribution in [-0.4, -0.2) is 29.8 Å². The number of nitrogens with one attached hydrogen (secondary N) is 1. The van der Waals surface area contributed by atoms with E-state index >= 15 is 0 Å². The van der Waals surface area contributed by atoms with Crippen molar-refractivity contribution in [1.29, 1.82) is 0 Å². The number of nitrogens with zero attached hydrogens (tertiary/aromatic N) is 1. The minimum atomic E-state index is -0.186. The average molecular weight is 422 g/mol. The van der Waals surface area contributed by atoms with Gasteiger partial charge < -0.3 is 10.2 Å². The van der Waals surface area contributed by atoms with Gasteiger partial charge in [0.2, 0.25) is 0 Å². The highest BCUT2D eigenvalue weighted by Crippen LogP contribution is 2.15. The van der Waals surface area contributed by atoms with Gasteiger partial charge in [0.15, 0.2) is 0 Å². The van der Waals surface area contributed by atoms with Crippen molar-refractivity contribution in [3.63, 3.8) is 0 Å². The first-order valence-corrected chi connectivity index (χ1v) is 8.59. The number of hydrogen-bond donors (Lipinski definition) is 1. The first-order chi connectivity index (χ1) is 11.0. The van der Waals surface area contributed by atoms with Gasteiger partial charge >= 0.3 is 0 Å². The molecule has 0 saturated carbocycles. The van der Waals surface area contributed by atoms with Gasteiger partial charge in [0.05, 0.1) is 0 Å². The van der Waals surface area contributed by atoms with Crippen LogP contribution < -0.4 is 5.32 Å². The second-order valence-electron chi connectivity index (χ2n) is 5.02. The average Bonchev–Trinajstić information content (AvgIpc) is 2.56. The number of anilines is 1. The molecule has 0 spiro atoms. The molecule has 0 saturated heterocycles. The van der Waals surface area contributed by atoms with E-state index in [1.54, 1.807) is 41.3 Å². The van der Waals surface area contributed by atoms with Gasteiger partial charge in [-0.2, -0.15) is 0 Å². The summed E-state index contributed by atoms with van der Waals surface area (Å²) in [6, 6.07) is 14.4. The largest absolute Gasteiger partial charge is 0.339 e. The normalized spacial score (nSPS) is 10.2. The fraction of sp³-hybridized carbons (Fsp3) is 0.222. The Morgan fingerprint density at radius 2 is 1.65 bits per heavy atom. The highest BCUT2D eigenvalue weighted by molar-refractivity contribution is 14.1. The van der Waals surface area contributed by atoms with Crippen molar-refractivity contribution < 1.29 is 9.59 Å². The van der Waals surface area contributed by atoms with E-state index in [1.165, 1.54) is 0 Å². The third-order valence-electron chi connectivity index (χ3n) is 3.52. The molecule has 2 aromatic carbocycles. The van der Waals surface area contributed by atoms with Crippen LogP contribution in [0.4, 0.5) is 5.69 Å². The molecule has 0 aliphatic heterocycles. The first kappa shape index (κ1) is 17.5. The Bertz CT molecular complexity index is 694. The van der Waals surface area contributed by atoms with Crippen LogP contribution in [0.5, 0.6) is 0 Å². The van der Waals surface area contributed by atoms with Crippen LogP contribution in [0.15, 0.2) is 48.5 Å². The molecular weight excluding hydrogens is 403 g/mol. The van der Waals surface area contributed by atoms with Gasteiger partial charge in [-0.1, -0.05) is 6.07 Å². The molecule has 0 radical (unpaired) electrons. The Kier molecular flexibility index (Phi) is 6.15. The first-order valence-electron chi connectivity index (χ1n) is 7.51. The van der Waals surface area contributed by atoms with Gasteiger partial charge in [-0.15, -0.1) is 0 Å². The van der Waals surface area contributed by atoms with Crippen LogP contribution in [0.25, 0.3) is 0 Å². The van der Waals surface area contributed by atoms with E-state index < -0.39 is 0 Å². The Balaban J connectivity index is 2.15. The van der Waals surface area contributed by atoms with Crippen molar-refractivity contribution in [2.45, 2.75) is 13.8 Å². The summed E-state index contributed by atoms with van der Waals surface area (Å²) in [6.07, 6.45) is 0. The van der Waals surface area contributed by atoms with Gasteiger partial charge in [-0.05, 0) is 78.9 Å². The van der Waals surface area contributed by atoms with E-state index in [9.17, 15) is 9.59 Å². The van der Waals surface area contributed by atoms with Crippen molar-refractivity contribution >= 4 is 40.1 Å². The summed E-state index contributed by atoms with van der Waals surface area (Å²) < 4.78 is 1.07. The molecule has 0 unspecified atom stereocenters. The smallest absolute Gasteiger partial charge is 0.255 e. The van der Waals surface area contributed by atoms with Crippen LogP contribution >= 0.6 is 22.6 Å². The van der Waals surface area contributed by atoms with E-state index in [0.29, 0.717) is 29.9 Å². The predicted molar refractivity (Wildman–Crippen MR) is 101 cm³/mol. The molecule has 4 nitrogen and oxygen atoms in total. The van der Waals surface area contributed by atoms with Crippen molar-refractivity contribution in [1.82, 2.24) is 4.90 Å². The van der Waals surface area contributed by atoms with Gasteiger partial charge in [-0.25, -0.2) is 0 Å². The molecule has 2 amide bonds. The van der Waals surface area contributed by atoms with Gasteiger partial charge in [0, 0.05) is 33.5 Å². The summed E-state index contributed by atoms with van der Waals surface area (Å²) in [7, 11) is 0. The number of benzene rings is 2. The molecule has 23 heavy (non-hydrogen) atoms. The standard InChI is InChI=1S/C18H19IN2O2/c1-3-21(4-2)18(23)14-6-5-7-16(12-14)20-17(22)13-8-10-15(19)11-9-13/h5-12H,3-4H2,1-2H3,(H,20,22). The summed E-state index contributed by atoms with van der Waals surface area (Å²) >= 11 is 2.19. The van der Waals surface area contributed by atoms with Gasteiger partial charge in [0.25, 0.3) is 11.8 Å². The predicted octanol–water partition coefficient (Wildman–Crippen LogP) is 4.03. The summed E-state index contributed by atoms with van der Waals surface area (Å²) in [5, 5.41) is 2.84. The monoisotopic (exact) mass is 422 g/mol. The van der Waals surface area contributed by atoms with Gasteiger partial charge in [-0.3, -0.25) is 9.59 Å². The van der Waals surface area contributed by atoms with Crippen molar-refractivity contribution in [3.8, 4) is 0 Å². The maximum atomic E-state index is 12.4. The van der Waals surface area contributed by atoms with Crippen LogP contribution in [-0.2, 0) is 0 Å². The molecule has 1 N–H and O–H groups in total. The summed E-state index contributed by atoms with van der Waals surface area (Å²) in [5.41, 5.74) is 1.78. The number of rotatable bonds is 5. The zero-order valence-electron chi connectivity index (χ0n) is 13.2. The molecule has 0 bridgehead atoms. The topological polar surface area (TPSA) is 49.4 Å². The fourth-order valence-electron chi connectivity index (χ4n) is 2.23. The minimum absolute atomic E-state index is 0.0274. The quantitative estimate of drug-likeness (QED) is 0.740. The number of carbonyl (C=O) groups excluding carboxylic acids is 2.